The number of Topliss-reactive ketones (excluding diaryl/α,β-unsaturated/α-hetero) is 2. The molecule has 0 unspecified atom stereocenters. The Morgan fingerprint density at radius 1 is 1.19 bits per heavy atom. The minimum Gasteiger partial charge on any atom is -0.508 e. The molecule has 2 saturated carbocycles. The molecule has 0 heterocycles. The number of rotatable bonds is 7. The van der Waals surface area contributed by atoms with Crippen LogP contribution >= 0.6 is 0 Å². The van der Waals surface area contributed by atoms with Crippen LogP contribution in [0.1, 0.15) is 61.3 Å². The van der Waals surface area contributed by atoms with Crippen molar-refractivity contribution < 1.29 is 48.0 Å². The molecule has 4 aliphatic rings. The first-order valence-electron chi connectivity index (χ1n) is 14.3. The van der Waals surface area contributed by atoms with E-state index in [0.29, 0.717) is 6.54 Å². The number of aliphatic hydroxyl groups excluding tert-OH is 2. The van der Waals surface area contributed by atoms with Gasteiger partial charge in [-0.2, -0.15) is 13.2 Å². The zero-order chi connectivity index (χ0) is 31.8. The molecule has 234 valence electrons. The molecule has 1 aromatic rings. The van der Waals surface area contributed by atoms with E-state index >= 15 is 0 Å². The summed E-state index contributed by atoms with van der Waals surface area (Å²) in [7, 11) is 2.89. The van der Waals surface area contributed by atoms with Crippen molar-refractivity contribution in [3.8, 4) is 5.75 Å². The van der Waals surface area contributed by atoms with Gasteiger partial charge in [0.1, 0.15) is 22.8 Å². The molecular weight excluding hydrogens is 571 g/mol. The Hall–Kier alpha value is -3.42. The second-order valence-electron chi connectivity index (χ2n) is 12.6. The van der Waals surface area contributed by atoms with Crippen LogP contribution in [0.3, 0.4) is 0 Å². The van der Waals surface area contributed by atoms with Crippen molar-refractivity contribution in [1.29, 1.82) is 0 Å². The Morgan fingerprint density at radius 3 is 2.35 bits per heavy atom. The first-order chi connectivity index (χ1) is 20.0. The van der Waals surface area contributed by atoms with E-state index < -0.39 is 98.7 Å². The fraction of sp³-hybridized carbons (Fsp3) is 0.567. The number of likely N-dealkylation sites (N-methyl/N-ethyl adjacent to an activating group) is 1. The van der Waals surface area contributed by atoms with Gasteiger partial charge in [0.25, 0.3) is 5.91 Å². The maximum absolute atomic E-state index is 14.7. The zero-order valence-electron chi connectivity index (χ0n) is 24.1. The lowest BCUT2D eigenvalue weighted by molar-refractivity contribution is -0.153. The first-order valence-corrected chi connectivity index (χ1v) is 14.3. The second-order valence-corrected chi connectivity index (χ2v) is 12.6. The number of ketones is 2. The van der Waals surface area contributed by atoms with Crippen LogP contribution in [-0.2, 0) is 33.5 Å². The maximum atomic E-state index is 14.7. The number of primary amides is 1. The van der Waals surface area contributed by atoms with Crippen LogP contribution in [0.4, 0.5) is 13.2 Å². The Labute approximate surface area is 246 Å². The molecule has 13 heteroatoms. The van der Waals surface area contributed by atoms with Crippen LogP contribution in [0, 0.1) is 17.3 Å². The lowest BCUT2D eigenvalue weighted by atomic mass is 9.57. The van der Waals surface area contributed by atoms with E-state index in [4.69, 9.17) is 5.73 Å². The lowest BCUT2D eigenvalue weighted by Gasteiger charge is -2.50. The van der Waals surface area contributed by atoms with Gasteiger partial charge in [-0.3, -0.25) is 19.3 Å². The van der Waals surface area contributed by atoms with Crippen LogP contribution in [0.15, 0.2) is 23.0 Å². The fourth-order valence-corrected chi connectivity index (χ4v) is 7.67. The number of hydrogen-bond acceptors (Lipinski definition) is 9. The number of nitrogens with one attached hydrogen (secondary N) is 1. The number of nitrogens with two attached hydrogens (primary N) is 1. The summed E-state index contributed by atoms with van der Waals surface area (Å²) in [6.45, 7) is 2.36. The third-order valence-electron chi connectivity index (χ3n) is 10.1. The van der Waals surface area contributed by atoms with Gasteiger partial charge in [0.2, 0.25) is 5.78 Å². The SMILES string of the molecule is CCC1(CNCc2cc(O)c3c(c2C(F)(F)F)C[C@H]2C[C@H]4[C@H](N(C)C)C(=O)C(C(N)=O)=C(O)[C@@]4(O)C(=O)C2=C3O)CCC1. The van der Waals surface area contributed by atoms with Gasteiger partial charge < -0.3 is 31.5 Å². The molecule has 5 rings (SSSR count). The standard InChI is InChI=1S/C30H36F3N3O7/c1-4-28(6-5-7-28)12-35-11-14-10-17(37)19-15(21(14)30(31,32)33)8-13-9-16-22(36(2)3)24(39)20(27(34)42)26(41)29(16,43)25(40)18(13)23(19)38/h10,13,16,22,35,37-38,41,43H,4-9,11-12H2,1-3H3,(H2,34,42)/t13-,16-,22-,29-/m0/s1. The number of benzene rings is 1. The number of aliphatic hydroxyl groups is 3. The van der Waals surface area contributed by atoms with Crippen molar-refractivity contribution in [2.75, 3.05) is 20.6 Å². The van der Waals surface area contributed by atoms with E-state index in [9.17, 15) is 48.0 Å². The Kier molecular flexibility index (Phi) is 7.46. The summed E-state index contributed by atoms with van der Waals surface area (Å²) in [5.41, 5.74) is -1.24. The number of carbonyl (C=O) groups excluding carboxylic acids is 3. The fourth-order valence-electron chi connectivity index (χ4n) is 7.67. The molecule has 1 amide bonds. The van der Waals surface area contributed by atoms with E-state index in [-0.39, 0.29) is 23.9 Å². The van der Waals surface area contributed by atoms with Crippen molar-refractivity contribution >= 4 is 23.2 Å². The second kappa shape index (κ2) is 10.3. The molecule has 0 bridgehead atoms. The highest BCUT2D eigenvalue weighted by Gasteiger charge is 2.64. The van der Waals surface area contributed by atoms with Crippen molar-refractivity contribution in [2.24, 2.45) is 23.0 Å². The third-order valence-corrected chi connectivity index (χ3v) is 10.1. The number of halogens is 3. The molecule has 0 radical (unpaired) electrons. The molecule has 4 aliphatic carbocycles. The Bertz CT molecular complexity index is 1470. The van der Waals surface area contributed by atoms with Gasteiger partial charge in [-0.15, -0.1) is 0 Å². The quantitative estimate of drug-likeness (QED) is 0.255. The number of aromatic hydroxyl groups is 1. The average Bonchev–Trinajstić information content (AvgIpc) is 2.86. The summed E-state index contributed by atoms with van der Waals surface area (Å²) < 4.78 is 44.0. The first kappa shape index (κ1) is 31.0. The van der Waals surface area contributed by atoms with E-state index in [1.165, 1.54) is 19.0 Å². The molecule has 43 heavy (non-hydrogen) atoms. The van der Waals surface area contributed by atoms with E-state index in [1.54, 1.807) is 0 Å². The smallest absolute Gasteiger partial charge is 0.417 e. The van der Waals surface area contributed by atoms with Gasteiger partial charge in [-0.1, -0.05) is 13.3 Å². The summed E-state index contributed by atoms with van der Waals surface area (Å²) >= 11 is 0. The molecule has 7 N–H and O–H groups in total. The zero-order valence-corrected chi connectivity index (χ0v) is 24.1. The predicted molar refractivity (Wildman–Crippen MR) is 148 cm³/mol. The molecule has 0 saturated heterocycles. The summed E-state index contributed by atoms with van der Waals surface area (Å²) in [6.07, 6.45) is -1.72. The molecular formula is C30H36F3N3O7. The number of hydrogen-bond donors (Lipinski definition) is 6. The van der Waals surface area contributed by atoms with Gasteiger partial charge >= 0.3 is 6.18 Å². The maximum Gasteiger partial charge on any atom is 0.417 e. The molecule has 1 aromatic carbocycles. The van der Waals surface area contributed by atoms with Crippen molar-refractivity contribution in [2.45, 2.75) is 69.8 Å². The largest absolute Gasteiger partial charge is 0.508 e. The number of alkyl halides is 3. The molecule has 2 fully saturated rings. The van der Waals surface area contributed by atoms with Crippen LogP contribution in [0.25, 0.3) is 5.76 Å². The summed E-state index contributed by atoms with van der Waals surface area (Å²) in [5.74, 6) is -8.99. The summed E-state index contributed by atoms with van der Waals surface area (Å²) in [5, 5.41) is 47.8. The van der Waals surface area contributed by atoms with Gasteiger partial charge in [0.05, 0.1) is 17.2 Å². The number of carbonyl (C=O) groups is 3. The van der Waals surface area contributed by atoms with Gasteiger partial charge in [-0.05, 0) is 74.7 Å². The highest BCUT2D eigenvalue weighted by atomic mass is 19.4. The van der Waals surface area contributed by atoms with Crippen molar-refractivity contribution in [3.63, 3.8) is 0 Å². The molecule has 0 aromatic heterocycles. The van der Waals surface area contributed by atoms with Gasteiger partial charge in [-0.25, -0.2) is 0 Å². The Balaban J connectivity index is 1.64. The van der Waals surface area contributed by atoms with Crippen LogP contribution in [0.2, 0.25) is 0 Å². The Morgan fingerprint density at radius 2 is 1.84 bits per heavy atom. The number of phenols is 1. The average molecular weight is 608 g/mol. The number of amides is 1. The molecule has 0 spiro atoms. The van der Waals surface area contributed by atoms with E-state index in [0.717, 1.165) is 31.7 Å². The normalized spacial score (nSPS) is 28.4. The molecule has 0 aliphatic heterocycles. The highest BCUT2D eigenvalue weighted by Crippen LogP contribution is 2.54. The van der Waals surface area contributed by atoms with Crippen LogP contribution < -0.4 is 11.1 Å². The lowest BCUT2D eigenvalue weighted by Crippen LogP contribution is -2.65. The van der Waals surface area contributed by atoms with Crippen LogP contribution in [-0.4, -0.2) is 75.1 Å². The topological polar surface area (TPSA) is 173 Å². The van der Waals surface area contributed by atoms with Gasteiger partial charge in [0.15, 0.2) is 11.4 Å². The minimum atomic E-state index is -4.88. The minimum absolute atomic E-state index is 0.0264. The van der Waals surface area contributed by atoms with E-state index in [1.807, 2.05) is 6.92 Å². The van der Waals surface area contributed by atoms with E-state index in [2.05, 4.69) is 5.32 Å². The van der Waals surface area contributed by atoms with Crippen LogP contribution in [0.5, 0.6) is 5.75 Å². The molecule has 10 nitrogen and oxygen atoms in total. The highest BCUT2D eigenvalue weighted by molar-refractivity contribution is 6.24. The monoisotopic (exact) mass is 607 g/mol. The number of fused-ring (bicyclic) bond motifs is 3. The number of nitrogens with zero attached hydrogens (tertiary/aromatic N) is 1. The summed E-state index contributed by atoms with van der Waals surface area (Å²) in [6, 6.07) is -0.416. The molecule has 4 atom stereocenters. The van der Waals surface area contributed by atoms with Gasteiger partial charge in [0, 0.05) is 24.6 Å². The van der Waals surface area contributed by atoms with Crippen molar-refractivity contribution in [3.05, 3.63) is 45.2 Å². The number of phenolic OH excluding ortho intramolecular Hbond substituents is 1. The predicted octanol–water partition coefficient (Wildman–Crippen LogP) is 2.65. The summed E-state index contributed by atoms with van der Waals surface area (Å²) in [4.78, 5) is 40.5. The van der Waals surface area contributed by atoms with Crippen molar-refractivity contribution in [1.82, 2.24) is 10.2 Å². The third kappa shape index (κ3) is 4.54.